The van der Waals surface area contributed by atoms with Gasteiger partial charge < -0.3 is 9.88 Å². The molecule has 2 aromatic rings. The Morgan fingerprint density at radius 1 is 1.21 bits per heavy atom. The lowest BCUT2D eigenvalue weighted by Gasteiger charge is -2.23. The van der Waals surface area contributed by atoms with Gasteiger partial charge in [-0.3, -0.25) is 0 Å². The highest BCUT2D eigenvalue weighted by Crippen LogP contribution is 2.21. The summed E-state index contributed by atoms with van der Waals surface area (Å²) >= 11 is 0. The van der Waals surface area contributed by atoms with Crippen LogP contribution in [0.3, 0.4) is 0 Å². The third kappa shape index (κ3) is 3.01. The van der Waals surface area contributed by atoms with E-state index in [0.717, 1.165) is 25.3 Å². The zero-order valence-corrected chi connectivity index (χ0v) is 11.1. The highest BCUT2D eigenvalue weighted by atomic mass is 15.3. The monoisotopic (exact) mass is 256 g/mol. The summed E-state index contributed by atoms with van der Waals surface area (Å²) in [6.45, 7) is 2.04. The first kappa shape index (κ1) is 12.4. The van der Waals surface area contributed by atoms with E-state index in [9.17, 15) is 0 Å². The fraction of sp³-hybridized carbons (Fsp3) is 0.467. The topological polar surface area (TPSA) is 42.7 Å². The Morgan fingerprint density at radius 2 is 2.11 bits per heavy atom. The molecule has 0 amide bonds. The summed E-state index contributed by atoms with van der Waals surface area (Å²) in [6, 6.07) is 11.0. The molecule has 0 aliphatic carbocycles. The van der Waals surface area contributed by atoms with Gasteiger partial charge in [-0.15, -0.1) is 10.2 Å². The molecule has 1 atom stereocenters. The van der Waals surface area contributed by atoms with Crippen molar-refractivity contribution in [1.82, 2.24) is 20.1 Å². The van der Waals surface area contributed by atoms with Crippen LogP contribution in [0, 0.1) is 0 Å². The van der Waals surface area contributed by atoms with Gasteiger partial charge in [0, 0.05) is 6.54 Å². The first-order valence-electron chi connectivity index (χ1n) is 7.08. The summed E-state index contributed by atoms with van der Waals surface area (Å²) in [4.78, 5) is 0. The number of nitrogens with zero attached hydrogens (tertiary/aromatic N) is 3. The summed E-state index contributed by atoms with van der Waals surface area (Å²) in [5.74, 6) is 1.09. The Balaban J connectivity index is 1.66. The van der Waals surface area contributed by atoms with E-state index in [1.165, 1.54) is 24.8 Å². The van der Waals surface area contributed by atoms with Gasteiger partial charge in [0.15, 0.2) is 0 Å². The van der Waals surface area contributed by atoms with Crippen molar-refractivity contribution in [3.63, 3.8) is 0 Å². The third-order valence-electron chi connectivity index (χ3n) is 3.75. The molecule has 0 radical (unpaired) electrons. The lowest BCUT2D eigenvalue weighted by Crippen LogP contribution is -2.29. The van der Waals surface area contributed by atoms with Crippen LogP contribution < -0.4 is 5.32 Å². The molecule has 1 aliphatic heterocycles. The van der Waals surface area contributed by atoms with Crippen molar-refractivity contribution in [2.45, 2.75) is 38.3 Å². The largest absolute Gasteiger partial charge is 0.316 e. The molecule has 3 rings (SSSR count). The van der Waals surface area contributed by atoms with E-state index >= 15 is 0 Å². The second-order valence-corrected chi connectivity index (χ2v) is 5.12. The van der Waals surface area contributed by atoms with Gasteiger partial charge in [-0.1, -0.05) is 36.8 Å². The lowest BCUT2D eigenvalue weighted by molar-refractivity contribution is 0.384. The van der Waals surface area contributed by atoms with Crippen molar-refractivity contribution in [2.75, 3.05) is 6.54 Å². The quantitative estimate of drug-likeness (QED) is 0.913. The van der Waals surface area contributed by atoms with E-state index in [4.69, 9.17) is 0 Å². The average Bonchev–Trinajstić information content (AvgIpc) is 2.95. The normalized spacial score (nSPS) is 19.5. The second kappa shape index (κ2) is 5.97. The summed E-state index contributed by atoms with van der Waals surface area (Å²) in [5, 5.41) is 11.9. The van der Waals surface area contributed by atoms with Crippen LogP contribution in [-0.2, 0) is 13.0 Å². The minimum absolute atomic E-state index is 0.382. The molecule has 0 bridgehead atoms. The van der Waals surface area contributed by atoms with E-state index in [2.05, 4.69) is 50.4 Å². The van der Waals surface area contributed by atoms with Crippen LogP contribution in [-0.4, -0.2) is 21.3 Å². The van der Waals surface area contributed by atoms with Gasteiger partial charge in [-0.05, 0) is 31.4 Å². The van der Waals surface area contributed by atoms with Crippen LogP contribution in [0.4, 0.5) is 0 Å². The van der Waals surface area contributed by atoms with Crippen molar-refractivity contribution < 1.29 is 0 Å². The predicted octanol–water partition coefficient (Wildman–Crippen LogP) is 2.34. The predicted molar refractivity (Wildman–Crippen MR) is 74.8 cm³/mol. The molecule has 4 heteroatoms. The van der Waals surface area contributed by atoms with Gasteiger partial charge in [0.2, 0.25) is 0 Å². The Morgan fingerprint density at radius 3 is 2.89 bits per heavy atom. The molecule has 1 unspecified atom stereocenters. The SMILES string of the molecule is c1ccc(CCn2cnnc2C2CCCCN2)cc1. The Labute approximate surface area is 113 Å². The van der Waals surface area contributed by atoms with Gasteiger partial charge in [-0.25, -0.2) is 0 Å². The van der Waals surface area contributed by atoms with Crippen molar-refractivity contribution in [2.24, 2.45) is 0 Å². The van der Waals surface area contributed by atoms with E-state index < -0.39 is 0 Å². The number of hydrogen-bond donors (Lipinski definition) is 1. The van der Waals surface area contributed by atoms with E-state index in [1.54, 1.807) is 0 Å². The summed E-state index contributed by atoms with van der Waals surface area (Å²) in [7, 11) is 0. The molecule has 4 nitrogen and oxygen atoms in total. The van der Waals surface area contributed by atoms with Gasteiger partial charge in [0.25, 0.3) is 0 Å². The van der Waals surface area contributed by atoms with Gasteiger partial charge in [-0.2, -0.15) is 0 Å². The van der Waals surface area contributed by atoms with Crippen LogP contribution in [0.15, 0.2) is 36.7 Å². The highest BCUT2D eigenvalue weighted by molar-refractivity contribution is 5.14. The number of aryl methyl sites for hydroxylation is 2. The van der Waals surface area contributed by atoms with Gasteiger partial charge in [0.1, 0.15) is 12.2 Å². The Hall–Kier alpha value is -1.68. The lowest BCUT2D eigenvalue weighted by atomic mass is 10.0. The maximum atomic E-state index is 4.30. The minimum Gasteiger partial charge on any atom is -0.316 e. The number of rotatable bonds is 4. The molecule has 0 saturated carbocycles. The average molecular weight is 256 g/mol. The van der Waals surface area contributed by atoms with E-state index in [1.807, 2.05) is 6.33 Å². The highest BCUT2D eigenvalue weighted by Gasteiger charge is 2.19. The molecule has 19 heavy (non-hydrogen) atoms. The summed E-state index contributed by atoms with van der Waals surface area (Å²) < 4.78 is 2.19. The summed E-state index contributed by atoms with van der Waals surface area (Å²) in [6.07, 6.45) is 6.61. The van der Waals surface area contributed by atoms with Gasteiger partial charge >= 0.3 is 0 Å². The first-order valence-corrected chi connectivity index (χ1v) is 7.08. The zero-order valence-electron chi connectivity index (χ0n) is 11.1. The smallest absolute Gasteiger partial charge is 0.149 e. The van der Waals surface area contributed by atoms with Crippen LogP contribution in [0.5, 0.6) is 0 Å². The maximum Gasteiger partial charge on any atom is 0.149 e. The van der Waals surface area contributed by atoms with Crippen LogP contribution in [0.25, 0.3) is 0 Å². The number of aromatic nitrogens is 3. The maximum absolute atomic E-state index is 4.30. The number of hydrogen-bond acceptors (Lipinski definition) is 3. The Bertz CT molecular complexity index is 500. The number of benzene rings is 1. The van der Waals surface area contributed by atoms with Crippen LogP contribution >= 0.6 is 0 Å². The molecule has 1 fully saturated rings. The minimum atomic E-state index is 0.382. The molecule has 1 N–H and O–H groups in total. The summed E-state index contributed by atoms with van der Waals surface area (Å²) in [5.41, 5.74) is 1.36. The Kier molecular flexibility index (Phi) is 3.89. The van der Waals surface area contributed by atoms with Crippen LogP contribution in [0.1, 0.15) is 36.7 Å². The molecule has 2 heterocycles. The van der Waals surface area contributed by atoms with Crippen molar-refractivity contribution in [3.8, 4) is 0 Å². The first-order chi connectivity index (χ1) is 9.43. The molecule has 100 valence electrons. The fourth-order valence-corrected chi connectivity index (χ4v) is 2.67. The van der Waals surface area contributed by atoms with Crippen molar-refractivity contribution in [3.05, 3.63) is 48.0 Å². The van der Waals surface area contributed by atoms with Crippen molar-refractivity contribution >= 4 is 0 Å². The standard InChI is InChI=1S/C15H20N4/c1-2-6-13(7-3-1)9-11-19-12-17-18-15(19)14-8-4-5-10-16-14/h1-3,6-7,12,14,16H,4-5,8-11H2. The fourth-order valence-electron chi connectivity index (χ4n) is 2.67. The van der Waals surface area contributed by atoms with Gasteiger partial charge in [0.05, 0.1) is 6.04 Å². The second-order valence-electron chi connectivity index (χ2n) is 5.12. The van der Waals surface area contributed by atoms with E-state index in [-0.39, 0.29) is 0 Å². The third-order valence-corrected chi connectivity index (χ3v) is 3.75. The molecule has 1 saturated heterocycles. The molecule has 1 aromatic carbocycles. The molecule has 1 aromatic heterocycles. The zero-order chi connectivity index (χ0) is 12.9. The number of nitrogens with one attached hydrogen (secondary N) is 1. The molecular formula is C15H20N4. The molecular weight excluding hydrogens is 236 g/mol. The molecule has 1 aliphatic rings. The van der Waals surface area contributed by atoms with Crippen molar-refractivity contribution in [1.29, 1.82) is 0 Å². The number of piperidine rings is 1. The van der Waals surface area contributed by atoms with E-state index in [0.29, 0.717) is 6.04 Å². The van der Waals surface area contributed by atoms with Crippen LogP contribution in [0.2, 0.25) is 0 Å². The molecule has 0 spiro atoms.